The van der Waals surface area contributed by atoms with Crippen LogP contribution < -0.4 is 11.5 Å². The molecule has 4 N–H and O–H groups in total. The van der Waals surface area contributed by atoms with Crippen LogP contribution in [0.15, 0.2) is 23.5 Å². The number of hydrogen-bond acceptors (Lipinski definition) is 6. The van der Waals surface area contributed by atoms with Gasteiger partial charge in [0.05, 0.1) is 13.2 Å². The zero-order valence-corrected chi connectivity index (χ0v) is 12.2. The monoisotopic (exact) mass is 284 g/mol. The third kappa shape index (κ3) is 12.5. The first kappa shape index (κ1) is 18.0. The molecule has 0 amide bonds. The van der Waals surface area contributed by atoms with Gasteiger partial charge in [0.15, 0.2) is 0 Å². The summed E-state index contributed by atoms with van der Waals surface area (Å²) >= 11 is 0. The molecule has 0 aliphatic carbocycles. The molecule has 0 aromatic carbocycles. The average molecular weight is 284 g/mol. The van der Waals surface area contributed by atoms with Crippen molar-refractivity contribution in [3.05, 3.63) is 23.5 Å². The maximum absolute atomic E-state index is 11.1. The van der Waals surface area contributed by atoms with Gasteiger partial charge in [-0.3, -0.25) is 0 Å². The van der Waals surface area contributed by atoms with Crippen LogP contribution in [-0.4, -0.2) is 25.2 Å². The van der Waals surface area contributed by atoms with Crippen LogP contribution >= 0.6 is 0 Å². The van der Waals surface area contributed by atoms with Gasteiger partial charge in [-0.15, -0.1) is 0 Å². The molecule has 0 saturated carbocycles. The Morgan fingerprint density at radius 2 is 1.15 bits per heavy atom. The number of unbranched alkanes of at least 4 members (excludes halogenated alkanes) is 3. The summed E-state index contributed by atoms with van der Waals surface area (Å²) in [5.74, 6) is -0.828. The van der Waals surface area contributed by atoms with Crippen molar-refractivity contribution >= 4 is 11.9 Å². The molecule has 0 fully saturated rings. The lowest BCUT2D eigenvalue weighted by Gasteiger charge is -2.04. The Kier molecular flexibility index (Phi) is 9.82. The summed E-state index contributed by atoms with van der Waals surface area (Å²) < 4.78 is 9.88. The van der Waals surface area contributed by atoms with Gasteiger partial charge in [-0.25, -0.2) is 9.59 Å². The number of carbonyl (C=O) groups excluding carboxylic acids is 2. The van der Waals surface area contributed by atoms with Gasteiger partial charge in [0.1, 0.15) is 0 Å². The normalized spacial score (nSPS) is 12.1. The molecular formula is C14H24N2O4. The van der Waals surface area contributed by atoms with Crippen LogP contribution in [0, 0.1) is 0 Å². The molecule has 0 bridgehead atoms. The first-order valence-electron chi connectivity index (χ1n) is 6.63. The Hall–Kier alpha value is -1.98. The first-order chi connectivity index (χ1) is 9.41. The lowest BCUT2D eigenvalue weighted by molar-refractivity contribution is -0.139. The number of nitrogens with two attached hydrogens (primary N) is 2. The van der Waals surface area contributed by atoms with Crippen LogP contribution in [0.25, 0.3) is 0 Å². The van der Waals surface area contributed by atoms with Gasteiger partial charge < -0.3 is 20.9 Å². The van der Waals surface area contributed by atoms with E-state index in [2.05, 4.69) is 0 Å². The molecule has 0 rings (SSSR count). The summed E-state index contributed by atoms with van der Waals surface area (Å²) in [4.78, 5) is 22.2. The fraction of sp³-hybridized carbons (Fsp3) is 0.571. The van der Waals surface area contributed by atoms with Gasteiger partial charge in [0.2, 0.25) is 0 Å². The number of esters is 2. The van der Waals surface area contributed by atoms with Gasteiger partial charge in [-0.1, -0.05) is 0 Å². The predicted octanol–water partition coefficient (Wildman–Crippen LogP) is 1.36. The maximum atomic E-state index is 11.1. The third-order valence-electron chi connectivity index (χ3n) is 2.22. The van der Waals surface area contributed by atoms with Crippen LogP contribution in [0.5, 0.6) is 0 Å². The van der Waals surface area contributed by atoms with Gasteiger partial charge in [-0.05, 0) is 39.5 Å². The number of ether oxygens (including phenoxy) is 2. The molecule has 0 aliphatic rings. The van der Waals surface area contributed by atoms with Crippen LogP contribution in [0.4, 0.5) is 0 Å². The van der Waals surface area contributed by atoms with Crippen molar-refractivity contribution in [1.29, 1.82) is 0 Å². The van der Waals surface area contributed by atoms with Crippen molar-refractivity contribution in [3.8, 4) is 0 Å². The molecule has 6 nitrogen and oxygen atoms in total. The number of rotatable bonds is 9. The molecule has 6 heteroatoms. The van der Waals surface area contributed by atoms with E-state index in [0.717, 1.165) is 25.7 Å². The molecule has 0 heterocycles. The predicted molar refractivity (Wildman–Crippen MR) is 76.3 cm³/mol. The van der Waals surface area contributed by atoms with E-state index in [4.69, 9.17) is 20.9 Å². The molecule has 114 valence electrons. The smallest absolute Gasteiger partial charge is 0.332 e. The van der Waals surface area contributed by atoms with Crippen molar-refractivity contribution in [1.82, 2.24) is 0 Å². The van der Waals surface area contributed by atoms with Gasteiger partial charge in [0, 0.05) is 23.5 Å². The second-order valence-corrected chi connectivity index (χ2v) is 4.53. The molecule has 0 spiro atoms. The van der Waals surface area contributed by atoms with E-state index in [1.54, 1.807) is 13.8 Å². The highest BCUT2D eigenvalue weighted by atomic mass is 16.5. The second kappa shape index (κ2) is 10.9. The van der Waals surface area contributed by atoms with E-state index in [1.165, 1.54) is 12.2 Å². The zero-order valence-electron chi connectivity index (χ0n) is 12.2. The summed E-state index contributed by atoms with van der Waals surface area (Å²) in [5.41, 5.74) is 11.5. The summed E-state index contributed by atoms with van der Waals surface area (Å²) in [6.45, 7) is 4.00. The SMILES string of the molecule is CC(N)=CC(=O)OCCCCCCOC(=O)C=C(C)N. The molecule has 0 aromatic rings. The van der Waals surface area contributed by atoms with Crippen molar-refractivity contribution in [2.75, 3.05) is 13.2 Å². The molecule has 0 saturated heterocycles. The molecule has 0 aromatic heterocycles. The standard InChI is InChI=1S/C14H24N2O4/c1-11(15)9-13(17)19-7-5-3-4-6-8-20-14(18)10-12(2)16/h9-10H,3-8,15-16H2,1-2H3. The quantitative estimate of drug-likeness (QED) is 0.376. The van der Waals surface area contributed by atoms with Crippen LogP contribution in [-0.2, 0) is 19.1 Å². The van der Waals surface area contributed by atoms with E-state index in [-0.39, 0.29) is 0 Å². The zero-order chi connectivity index (χ0) is 15.4. The van der Waals surface area contributed by atoms with Crippen molar-refractivity contribution in [2.24, 2.45) is 11.5 Å². The Balaban J connectivity index is 3.42. The highest BCUT2D eigenvalue weighted by molar-refractivity contribution is 5.82. The maximum Gasteiger partial charge on any atom is 0.332 e. The van der Waals surface area contributed by atoms with Crippen LogP contribution in [0.1, 0.15) is 39.5 Å². The van der Waals surface area contributed by atoms with Crippen molar-refractivity contribution in [2.45, 2.75) is 39.5 Å². The van der Waals surface area contributed by atoms with E-state index >= 15 is 0 Å². The van der Waals surface area contributed by atoms with E-state index in [9.17, 15) is 9.59 Å². The largest absolute Gasteiger partial charge is 0.462 e. The molecular weight excluding hydrogens is 260 g/mol. The minimum Gasteiger partial charge on any atom is -0.462 e. The number of carbonyl (C=O) groups is 2. The van der Waals surface area contributed by atoms with E-state index in [1.807, 2.05) is 0 Å². The molecule has 0 radical (unpaired) electrons. The fourth-order valence-corrected chi connectivity index (χ4v) is 1.36. The third-order valence-corrected chi connectivity index (χ3v) is 2.22. The first-order valence-corrected chi connectivity index (χ1v) is 6.63. The summed E-state index contributed by atoms with van der Waals surface area (Å²) in [6.07, 6.45) is 5.88. The minimum absolute atomic E-state index is 0.373. The summed E-state index contributed by atoms with van der Waals surface area (Å²) in [6, 6.07) is 0. The lowest BCUT2D eigenvalue weighted by atomic mass is 10.2. The minimum atomic E-state index is -0.414. The average Bonchev–Trinajstić information content (AvgIpc) is 2.30. The molecule has 0 aliphatic heterocycles. The topological polar surface area (TPSA) is 105 Å². The molecule has 0 unspecified atom stereocenters. The Morgan fingerprint density at radius 3 is 1.45 bits per heavy atom. The Morgan fingerprint density at radius 1 is 0.800 bits per heavy atom. The highest BCUT2D eigenvalue weighted by Gasteiger charge is 1.99. The number of hydrogen-bond donors (Lipinski definition) is 2. The van der Waals surface area contributed by atoms with Gasteiger partial charge >= 0.3 is 11.9 Å². The highest BCUT2D eigenvalue weighted by Crippen LogP contribution is 2.01. The van der Waals surface area contributed by atoms with Crippen molar-refractivity contribution in [3.63, 3.8) is 0 Å². The van der Waals surface area contributed by atoms with Crippen LogP contribution in [0.2, 0.25) is 0 Å². The molecule has 20 heavy (non-hydrogen) atoms. The van der Waals surface area contributed by atoms with E-state index < -0.39 is 11.9 Å². The Bertz CT molecular complexity index is 331. The Labute approximate surface area is 119 Å². The van der Waals surface area contributed by atoms with Crippen LogP contribution in [0.3, 0.4) is 0 Å². The van der Waals surface area contributed by atoms with E-state index in [0.29, 0.717) is 24.6 Å². The lowest BCUT2D eigenvalue weighted by Crippen LogP contribution is -2.06. The second-order valence-electron chi connectivity index (χ2n) is 4.53. The van der Waals surface area contributed by atoms with Gasteiger partial charge in [0.25, 0.3) is 0 Å². The molecule has 0 atom stereocenters. The summed E-state index contributed by atoms with van der Waals surface area (Å²) in [7, 11) is 0. The number of allylic oxidation sites excluding steroid dienone is 2. The fourth-order valence-electron chi connectivity index (χ4n) is 1.36. The van der Waals surface area contributed by atoms with Crippen molar-refractivity contribution < 1.29 is 19.1 Å². The summed E-state index contributed by atoms with van der Waals surface area (Å²) in [5, 5.41) is 0. The van der Waals surface area contributed by atoms with Gasteiger partial charge in [-0.2, -0.15) is 0 Å².